The number of ether oxygens (including phenoxy) is 1. The number of carbonyl (C=O) groups excluding carboxylic acids is 1. The summed E-state index contributed by atoms with van der Waals surface area (Å²) in [4.78, 5) is 15.8. The van der Waals surface area contributed by atoms with E-state index in [0.717, 1.165) is 29.9 Å². The highest BCUT2D eigenvalue weighted by Crippen LogP contribution is 2.27. The minimum Gasteiger partial charge on any atom is -0.493 e. The molecule has 3 rings (SSSR count). The van der Waals surface area contributed by atoms with Crippen molar-refractivity contribution >= 4 is 17.1 Å². The third kappa shape index (κ3) is 3.01. The lowest BCUT2D eigenvalue weighted by molar-refractivity contribution is 0.0925. The number of nitrogens with zero attached hydrogens (tertiary/aromatic N) is 1. The summed E-state index contributed by atoms with van der Waals surface area (Å²) < 4.78 is 5.48. The van der Waals surface area contributed by atoms with Gasteiger partial charge in [0.15, 0.2) is 5.78 Å². The number of thiophene rings is 1. The van der Waals surface area contributed by atoms with E-state index in [1.165, 1.54) is 4.88 Å². The molecule has 1 aliphatic heterocycles. The molecule has 0 bridgehead atoms. The van der Waals surface area contributed by atoms with Gasteiger partial charge in [0.25, 0.3) is 0 Å². The Hall–Kier alpha value is -1.65. The van der Waals surface area contributed by atoms with Crippen molar-refractivity contribution in [2.24, 2.45) is 0 Å². The van der Waals surface area contributed by atoms with Crippen LogP contribution in [0.3, 0.4) is 0 Å². The standard InChI is InChI=1S/C17H19NO2S/c1-12(17-4-3-9-21-17)18(2)11-15(19)13-5-6-16-14(10-13)7-8-20-16/h3-6,9-10,12H,7-8,11H2,1-2H3. The average molecular weight is 301 g/mol. The summed E-state index contributed by atoms with van der Waals surface area (Å²) in [5.74, 6) is 1.09. The Morgan fingerprint density at radius 3 is 3.05 bits per heavy atom. The van der Waals surface area contributed by atoms with E-state index >= 15 is 0 Å². The van der Waals surface area contributed by atoms with Crippen molar-refractivity contribution in [3.63, 3.8) is 0 Å². The highest BCUT2D eigenvalue weighted by atomic mass is 32.1. The quantitative estimate of drug-likeness (QED) is 0.791. The van der Waals surface area contributed by atoms with Gasteiger partial charge in [-0.15, -0.1) is 11.3 Å². The molecule has 0 amide bonds. The van der Waals surface area contributed by atoms with Crippen LogP contribution in [0.2, 0.25) is 0 Å². The monoisotopic (exact) mass is 301 g/mol. The third-order valence-electron chi connectivity index (χ3n) is 4.02. The minimum atomic E-state index is 0.163. The average Bonchev–Trinajstić information content (AvgIpc) is 3.16. The Morgan fingerprint density at radius 1 is 1.43 bits per heavy atom. The fourth-order valence-corrected chi connectivity index (χ4v) is 3.41. The number of rotatable bonds is 5. The van der Waals surface area contributed by atoms with Crippen LogP contribution in [0.25, 0.3) is 0 Å². The summed E-state index contributed by atoms with van der Waals surface area (Å²) in [5, 5.41) is 2.07. The van der Waals surface area contributed by atoms with Crippen molar-refractivity contribution in [2.45, 2.75) is 19.4 Å². The molecule has 0 radical (unpaired) electrons. The largest absolute Gasteiger partial charge is 0.493 e. The highest BCUT2D eigenvalue weighted by molar-refractivity contribution is 7.10. The summed E-state index contributed by atoms with van der Waals surface area (Å²) in [7, 11) is 2.00. The van der Waals surface area contributed by atoms with E-state index in [4.69, 9.17) is 4.74 Å². The molecular formula is C17H19NO2S. The molecule has 21 heavy (non-hydrogen) atoms. The predicted molar refractivity (Wildman–Crippen MR) is 85.3 cm³/mol. The van der Waals surface area contributed by atoms with Crippen LogP contribution in [0.4, 0.5) is 0 Å². The molecule has 0 fully saturated rings. The summed E-state index contributed by atoms with van der Waals surface area (Å²) in [6, 6.07) is 10.2. The molecule has 0 saturated carbocycles. The fraction of sp³-hybridized carbons (Fsp3) is 0.353. The second kappa shape index (κ2) is 6.00. The lowest BCUT2D eigenvalue weighted by atomic mass is 10.0. The molecule has 4 heteroatoms. The summed E-state index contributed by atoms with van der Waals surface area (Å²) in [6.45, 7) is 3.29. The van der Waals surface area contributed by atoms with Crippen molar-refractivity contribution in [1.82, 2.24) is 4.90 Å². The molecule has 1 aromatic carbocycles. The lowest BCUT2D eigenvalue weighted by Gasteiger charge is -2.23. The first-order valence-electron chi connectivity index (χ1n) is 7.17. The number of hydrogen-bond acceptors (Lipinski definition) is 4. The summed E-state index contributed by atoms with van der Waals surface area (Å²) in [5.41, 5.74) is 1.93. The zero-order valence-electron chi connectivity index (χ0n) is 12.3. The predicted octanol–water partition coefficient (Wildman–Crippen LogP) is 3.56. The van der Waals surface area contributed by atoms with Crippen LogP contribution in [0.15, 0.2) is 35.7 Å². The van der Waals surface area contributed by atoms with Crippen LogP contribution in [0.1, 0.15) is 33.8 Å². The molecule has 1 aliphatic rings. The van der Waals surface area contributed by atoms with Crippen LogP contribution < -0.4 is 4.74 Å². The first-order valence-corrected chi connectivity index (χ1v) is 8.05. The normalized spacial score (nSPS) is 14.8. The Balaban J connectivity index is 1.68. The van der Waals surface area contributed by atoms with Gasteiger partial charge in [0.2, 0.25) is 0 Å². The second-order valence-electron chi connectivity index (χ2n) is 5.45. The van der Waals surface area contributed by atoms with E-state index < -0.39 is 0 Å². The molecule has 0 saturated heterocycles. The molecular weight excluding hydrogens is 282 g/mol. The van der Waals surface area contributed by atoms with Gasteiger partial charge in [-0.2, -0.15) is 0 Å². The van der Waals surface area contributed by atoms with Gasteiger partial charge in [-0.05, 0) is 49.2 Å². The molecule has 0 spiro atoms. The molecule has 0 N–H and O–H groups in total. The van der Waals surface area contributed by atoms with E-state index in [2.05, 4.69) is 23.3 Å². The number of carbonyl (C=O) groups is 1. The van der Waals surface area contributed by atoms with Gasteiger partial charge in [0.1, 0.15) is 5.75 Å². The van der Waals surface area contributed by atoms with Crippen LogP contribution in [0, 0.1) is 0 Å². The van der Waals surface area contributed by atoms with Gasteiger partial charge in [0, 0.05) is 22.9 Å². The van der Waals surface area contributed by atoms with Crippen LogP contribution in [-0.4, -0.2) is 30.9 Å². The summed E-state index contributed by atoms with van der Waals surface area (Å²) >= 11 is 1.73. The molecule has 2 aromatic rings. The number of Topliss-reactive ketones (excluding diaryl/α,β-unsaturated/α-hetero) is 1. The molecule has 1 aromatic heterocycles. The van der Waals surface area contributed by atoms with Gasteiger partial charge >= 0.3 is 0 Å². The highest BCUT2D eigenvalue weighted by Gasteiger charge is 2.19. The van der Waals surface area contributed by atoms with E-state index in [-0.39, 0.29) is 11.8 Å². The number of likely N-dealkylation sites (N-methyl/N-ethyl adjacent to an activating group) is 1. The number of benzene rings is 1. The number of hydrogen-bond donors (Lipinski definition) is 0. The first kappa shape index (κ1) is 14.3. The Morgan fingerprint density at radius 2 is 2.29 bits per heavy atom. The van der Waals surface area contributed by atoms with Crippen molar-refractivity contribution < 1.29 is 9.53 Å². The van der Waals surface area contributed by atoms with E-state index in [1.807, 2.05) is 31.3 Å². The molecule has 2 heterocycles. The molecule has 1 unspecified atom stereocenters. The topological polar surface area (TPSA) is 29.5 Å². The maximum atomic E-state index is 12.4. The Bertz CT molecular complexity index is 636. The Kier molecular flexibility index (Phi) is 4.08. The van der Waals surface area contributed by atoms with E-state index in [0.29, 0.717) is 6.54 Å². The third-order valence-corrected chi connectivity index (χ3v) is 5.06. The van der Waals surface area contributed by atoms with Crippen molar-refractivity contribution in [1.29, 1.82) is 0 Å². The van der Waals surface area contributed by atoms with Gasteiger partial charge in [-0.1, -0.05) is 6.07 Å². The second-order valence-corrected chi connectivity index (χ2v) is 6.43. The number of fused-ring (bicyclic) bond motifs is 1. The van der Waals surface area contributed by atoms with Crippen LogP contribution in [0.5, 0.6) is 5.75 Å². The van der Waals surface area contributed by atoms with Gasteiger partial charge in [-0.25, -0.2) is 0 Å². The van der Waals surface area contributed by atoms with Crippen LogP contribution >= 0.6 is 11.3 Å². The van der Waals surface area contributed by atoms with E-state index in [9.17, 15) is 4.79 Å². The molecule has 3 nitrogen and oxygen atoms in total. The van der Waals surface area contributed by atoms with E-state index in [1.54, 1.807) is 11.3 Å². The lowest BCUT2D eigenvalue weighted by Crippen LogP contribution is -2.28. The molecule has 110 valence electrons. The zero-order valence-corrected chi connectivity index (χ0v) is 13.2. The van der Waals surface area contributed by atoms with Crippen molar-refractivity contribution in [2.75, 3.05) is 20.2 Å². The van der Waals surface area contributed by atoms with Crippen molar-refractivity contribution in [3.05, 3.63) is 51.7 Å². The Labute approximate surface area is 129 Å². The minimum absolute atomic E-state index is 0.163. The number of ketones is 1. The first-order chi connectivity index (χ1) is 10.1. The fourth-order valence-electron chi connectivity index (χ4n) is 2.56. The maximum absolute atomic E-state index is 12.4. The van der Waals surface area contributed by atoms with Crippen molar-refractivity contribution in [3.8, 4) is 5.75 Å². The van der Waals surface area contributed by atoms with Crippen LogP contribution in [-0.2, 0) is 6.42 Å². The SMILES string of the molecule is CC(c1cccs1)N(C)CC(=O)c1ccc2c(c1)CCO2. The van der Waals surface area contributed by atoms with Gasteiger partial charge in [0.05, 0.1) is 13.2 Å². The smallest absolute Gasteiger partial charge is 0.176 e. The van der Waals surface area contributed by atoms with Gasteiger partial charge < -0.3 is 4.74 Å². The zero-order chi connectivity index (χ0) is 14.8. The summed E-state index contributed by atoms with van der Waals surface area (Å²) in [6.07, 6.45) is 0.901. The molecule has 1 atom stereocenters. The molecule has 0 aliphatic carbocycles. The van der Waals surface area contributed by atoms with Gasteiger partial charge in [-0.3, -0.25) is 9.69 Å². The maximum Gasteiger partial charge on any atom is 0.176 e.